The predicted molar refractivity (Wildman–Crippen MR) is 38.9 cm³/mol. The molecule has 1 aliphatic rings. The molecule has 2 atom stereocenters. The Kier molecular flexibility index (Phi) is 2.27. The molecule has 0 amide bonds. The molecule has 0 unspecified atom stereocenters. The minimum absolute atomic E-state index is 0.0807. The van der Waals surface area contributed by atoms with E-state index < -0.39 is 0 Å². The second-order valence-electron chi connectivity index (χ2n) is 3.34. The van der Waals surface area contributed by atoms with Crippen molar-refractivity contribution in [3.05, 3.63) is 0 Å². The molecule has 0 aliphatic heterocycles. The Morgan fingerprint density at radius 3 is 2.73 bits per heavy atom. The highest BCUT2D eigenvalue weighted by atomic mass is 16.5. The summed E-state index contributed by atoms with van der Waals surface area (Å²) in [4.78, 5) is 20.3. The first-order valence-electron chi connectivity index (χ1n) is 3.73. The van der Waals surface area contributed by atoms with Crippen LogP contribution in [0.4, 0.5) is 0 Å². The van der Waals surface area contributed by atoms with Crippen molar-refractivity contribution in [2.24, 2.45) is 11.3 Å². The highest BCUT2D eigenvalue weighted by molar-refractivity contribution is 5.57. The van der Waals surface area contributed by atoms with Crippen molar-refractivity contribution < 1.29 is 14.3 Å². The highest BCUT2D eigenvalue weighted by Crippen LogP contribution is 2.45. The van der Waals surface area contributed by atoms with Crippen LogP contribution in [0.5, 0.6) is 0 Å². The molecule has 3 heteroatoms. The van der Waals surface area contributed by atoms with Crippen molar-refractivity contribution in [3.63, 3.8) is 0 Å². The van der Waals surface area contributed by atoms with Crippen LogP contribution in [0.3, 0.4) is 0 Å². The maximum atomic E-state index is 10.4. The summed E-state index contributed by atoms with van der Waals surface area (Å²) in [5.74, 6) is 0.0856. The van der Waals surface area contributed by atoms with Gasteiger partial charge in [-0.1, -0.05) is 6.92 Å². The van der Waals surface area contributed by atoms with E-state index in [4.69, 9.17) is 0 Å². The fraction of sp³-hybridized carbons (Fsp3) is 0.750. The molecular weight excluding hydrogens is 144 g/mol. The number of aldehydes is 1. The Balaban J connectivity index is 2.40. The standard InChI is InChI=1S/C8H12O3/c1-8(5-11-6-10)3-2-7(8)4-9/h4,6-7H,2-3,5H2,1H3/t7-,8-/m0/s1. The van der Waals surface area contributed by atoms with Gasteiger partial charge in [-0.05, 0) is 12.8 Å². The van der Waals surface area contributed by atoms with Crippen LogP contribution >= 0.6 is 0 Å². The molecule has 62 valence electrons. The fourth-order valence-corrected chi connectivity index (χ4v) is 1.44. The molecule has 0 aromatic rings. The van der Waals surface area contributed by atoms with E-state index in [1.165, 1.54) is 0 Å². The van der Waals surface area contributed by atoms with Gasteiger partial charge in [0, 0.05) is 11.3 Å². The Labute approximate surface area is 65.7 Å². The van der Waals surface area contributed by atoms with Crippen LogP contribution in [0.15, 0.2) is 0 Å². The van der Waals surface area contributed by atoms with Crippen LogP contribution in [0.25, 0.3) is 0 Å². The van der Waals surface area contributed by atoms with Gasteiger partial charge in [-0.3, -0.25) is 4.79 Å². The first kappa shape index (κ1) is 8.24. The maximum absolute atomic E-state index is 10.4. The first-order chi connectivity index (χ1) is 5.23. The minimum atomic E-state index is -0.0807. The molecular formula is C8H12O3. The lowest BCUT2D eigenvalue weighted by atomic mass is 9.62. The van der Waals surface area contributed by atoms with Crippen molar-refractivity contribution in [2.75, 3.05) is 6.61 Å². The van der Waals surface area contributed by atoms with Crippen LogP contribution in [-0.2, 0) is 14.3 Å². The van der Waals surface area contributed by atoms with Gasteiger partial charge in [0.25, 0.3) is 6.47 Å². The lowest BCUT2D eigenvalue weighted by molar-refractivity contribution is -0.140. The Morgan fingerprint density at radius 2 is 2.36 bits per heavy atom. The molecule has 1 fully saturated rings. The number of rotatable bonds is 4. The van der Waals surface area contributed by atoms with Gasteiger partial charge in [-0.2, -0.15) is 0 Å². The van der Waals surface area contributed by atoms with E-state index in [0.717, 1.165) is 19.1 Å². The molecule has 0 bridgehead atoms. The van der Waals surface area contributed by atoms with Gasteiger partial charge in [0.1, 0.15) is 6.29 Å². The molecule has 1 saturated carbocycles. The van der Waals surface area contributed by atoms with Gasteiger partial charge in [0.05, 0.1) is 6.61 Å². The van der Waals surface area contributed by atoms with Crippen LogP contribution in [-0.4, -0.2) is 19.4 Å². The zero-order chi connectivity index (χ0) is 8.32. The summed E-state index contributed by atoms with van der Waals surface area (Å²) in [7, 11) is 0. The number of carbonyl (C=O) groups excluding carboxylic acids is 2. The van der Waals surface area contributed by atoms with Gasteiger partial charge in [0.2, 0.25) is 0 Å². The molecule has 0 saturated heterocycles. The Bertz CT molecular complexity index is 167. The summed E-state index contributed by atoms with van der Waals surface area (Å²) < 4.78 is 4.63. The minimum Gasteiger partial charge on any atom is -0.467 e. The number of hydrogen-bond acceptors (Lipinski definition) is 3. The molecule has 0 heterocycles. The van der Waals surface area contributed by atoms with Crippen molar-refractivity contribution in [1.29, 1.82) is 0 Å². The fourth-order valence-electron chi connectivity index (χ4n) is 1.44. The molecule has 0 radical (unpaired) electrons. The van der Waals surface area contributed by atoms with Crippen molar-refractivity contribution in [3.8, 4) is 0 Å². The average Bonchev–Trinajstić information content (AvgIpc) is 1.99. The molecule has 1 rings (SSSR count). The van der Waals surface area contributed by atoms with Crippen molar-refractivity contribution in [2.45, 2.75) is 19.8 Å². The quantitative estimate of drug-likeness (QED) is 0.565. The van der Waals surface area contributed by atoms with E-state index in [9.17, 15) is 9.59 Å². The lowest BCUT2D eigenvalue weighted by Gasteiger charge is -2.43. The zero-order valence-corrected chi connectivity index (χ0v) is 6.58. The monoisotopic (exact) mass is 156 g/mol. The normalized spacial score (nSPS) is 35.5. The van der Waals surface area contributed by atoms with E-state index in [0.29, 0.717) is 13.1 Å². The highest BCUT2D eigenvalue weighted by Gasteiger charge is 2.43. The third kappa shape index (κ3) is 1.42. The maximum Gasteiger partial charge on any atom is 0.293 e. The van der Waals surface area contributed by atoms with E-state index >= 15 is 0 Å². The zero-order valence-electron chi connectivity index (χ0n) is 6.58. The summed E-state index contributed by atoms with van der Waals surface area (Å²) in [5.41, 5.74) is -0.0807. The van der Waals surface area contributed by atoms with Gasteiger partial charge in [-0.15, -0.1) is 0 Å². The molecule has 11 heavy (non-hydrogen) atoms. The van der Waals surface area contributed by atoms with E-state index in [1.54, 1.807) is 0 Å². The third-order valence-corrected chi connectivity index (χ3v) is 2.57. The topological polar surface area (TPSA) is 43.4 Å². The summed E-state index contributed by atoms with van der Waals surface area (Å²) in [6, 6.07) is 0. The van der Waals surface area contributed by atoms with Gasteiger partial charge in [0.15, 0.2) is 0 Å². The lowest BCUT2D eigenvalue weighted by Crippen LogP contribution is -2.42. The average molecular weight is 156 g/mol. The van der Waals surface area contributed by atoms with Gasteiger partial charge < -0.3 is 9.53 Å². The van der Waals surface area contributed by atoms with Crippen LogP contribution in [0.1, 0.15) is 19.8 Å². The molecule has 0 aromatic carbocycles. The third-order valence-electron chi connectivity index (χ3n) is 2.57. The SMILES string of the molecule is C[C@@]1(COC=O)CC[C@H]1C=O. The van der Waals surface area contributed by atoms with Crippen LogP contribution < -0.4 is 0 Å². The Hall–Kier alpha value is -0.860. The largest absolute Gasteiger partial charge is 0.467 e. The second-order valence-corrected chi connectivity index (χ2v) is 3.34. The molecule has 0 spiro atoms. The van der Waals surface area contributed by atoms with E-state index in [2.05, 4.69) is 4.74 Å². The summed E-state index contributed by atoms with van der Waals surface area (Å²) in [6.07, 6.45) is 2.87. The van der Waals surface area contributed by atoms with E-state index in [-0.39, 0.29) is 11.3 Å². The number of ether oxygens (including phenoxy) is 1. The molecule has 0 aromatic heterocycles. The molecule has 0 N–H and O–H groups in total. The first-order valence-corrected chi connectivity index (χ1v) is 3.73. The smallest absolute Gasteiger partial charge is 0.293 e. The number of hydrogen-bond donors (Lipinski definition) is 0. The predicted octanol–water partition coefficient (Wildman–Crippen LogP) is 0.775. The Morgan fingerprint density at radius 1 is 1.64 bits per heavy atom. The molecule has 3 nitrogen and oxygen atoms in total. The molecule has 1 aliphatic carbocycles. The van der Waals surface area contributed by atoms with E-state index in [1.807, 2.05) is 6.92 Å². The van der Waals surface area contributed by atoms with Crippen LogP contribution in [0.2, 0.25) is 0 Å². The van der Waals surface area contributed by atoms with Gasteiger partial charge in [-0.25, -0.2) is 0 Å². The van der Waals surface area contributed by atoms with Gasteiger partial charge >= 0.3 is 0 Å². The number of carbonyl (C=O) groups is 2. The van der Waals surface area contributed by atoms with Crippen molar-refractivity contribution >= 4 is 12.8 Å². The summed E-state index contributed by atoms with van der Waals surface area (Å²) in [5, 5.41) is 0. The second kappa shape index (κ2) is 3.03. The summed E-state index contributed by atoms with van der Waals surface area (Å²) in [6.45, 7) is 2.78. The van der Waals surface area contributed by atoms with Crippen LogP contribution in [0, 0.1) is 11.3 Å². The van der Waals surface area contributed by atoms with Crippen molar-refractivity contribution in [1.82, 2.24) is 0 Å². The summed E-state index contributed by atoms with van der Waals surface area (Å²) >= 11 is 0.